The standard InChI is InChI=1S/C59H38N4O/c1-38-15-19-41(20-16-38)44-23-25-46(26-24-44)50-35-52(47-31-27-45(28-32-47)42-21-17-39(37-60)18-22-42)56-53(36-50)55-51(13-8-14-54(55)64-56)59-62-57(48-11-6-3-7-12-48)61-58(63-59)49-33-29-43(30-34-49)40-9-4-2-5-10-40/h2-36H,1H3. The lowest BCUT2D eigenvalue weighted by atomic mass is 9.93. The van der Waals surface area contributed by atoms with E-state index >= 15 is 0 Å². The second-order valence-corrected chi connectivity index (χ2v) is 16.0. The van der Waals surface area contributed by atoms with Crippen LogP contribution in [0.5, 0.6) is 0 Å². The van der Waals surface area contributed by atoms with Crippen LogP contribution in [0.1, 0.15) is 11.1 Å². The summed E-state index contributed by atoms with van der Waals surface area (Å²) in [5.74, 6) is 1.74. The first-order valence-corrected chi connectivity index (χ1v) is 21.3. The number of furan rings is 1. The van der Waals surface area contributed by atoms with Crippen LogP contribution in [0.25, 0.3) is 112 Å². The Bertz CT molecular complexity index is 3500. The van der Waals surface area contributed by atoms with Crippen molar-refractivity contribution < 1.29 is 4.42 Å². The molecule has 2 heterocycles. The number of rotatable bonds is 8. The fourth-order valence-corrected chi connectivity index (χ4v) is 8.46. The smallest absolute Gasteiger partial charge is 0.164 e. The van der Waals surface area contributed by atoms with E-state index in [0.29, 0.717) is 23.0 Å². The highest BCUT2D eigenvalue weighted by Crippen LogP contribution is 2.43. The molecule has 0 aliphatic heterocycles. The Hall–Kier alpha value is -8.72. The first-order valence-electron chi connectivity index (χ1n) is 21.3. The minimum Gasteiger partial charge on any atom is -0.455 e. The van der Waals surface area contributed by atoms with Gasteiger partial charge in [0.1, 0.15) is 11.2 Å². The molecular weight excluding hydrogens is 781 g/mol. The van der Waals surface area contributed by atoms with Crippen LogP contribution in [0.15, 0.2) is 217 Å². The second-order valence-electron chi connectivity index (χ2n) is 16.0. The lowest BCUT2D eigenvalue weighted by Gasteiger charge is -2.11. The van der Waals surface area contributed by atoms with E-state index < -0.39 is 0 Å². The van der Waals surface area contributed by atoms with Gasteiger partial charge in [-0.2, -0.15) is 5.26 Å². The number of aromatic nitrogens is 3. The maximum Gasteiger partial charge on any atom is 0.164 e. The summed E-state index contributed by atoms with van der Waals surface area (Å²) >= 11 is 0. The zero-order valence-corrected chi connectivity index (χ0v) is 34.9. The molecule has 0 atom stereocenters. The zero-order valence-electron chi connectivity index (χ0n) is 34.9. The van der Waals surface area contributed by atoms with Gasteiger partial charge in [0.25, 0.3) is 0 Å². The quantitative estimate of drug-likeness (QED) is 0.153. The third-order valence-corrected chi connectivity index (χ3v) is 11.9. The molecule has 0 bridgehead atoms. The van der Waals surface area contributed by atoms with Gasteiger partial charge in [-0.3, -0.25) is 0 Å². The zero-order chi connectivity index (χ0) is 43.0. The molecule has 11 aromatic rings. The topological polar surface area (TPSA) is 75.6 Å². The highest BCUT2D eigenvalue weighted by atomic mass is 16.3. The number of hydrogen-bond donors (Lipinski definition) is 0. The van der Waals surface area contributed by atoms with Gasteiger partial charge < -0.3 is 4.42 Å². The Morgan fingerprint density at radius 3 is 1.38 bits per heavy atom. The van der Waals surface area contributed by atoms with Crippen molar-refractivity contribution in [3.05, 3.63) is 223 Å². The molecule has 0 spiro atoms. The largest absolute Gasteiger partial charge is 0.455 e. The lowest BCUT2D eigenvalue weighted by Crippen LogP contribution is -2.00. The molecule has 0 amide bonds. The van der Waals surface area contributed by atoms with Gasteiger partial charge in [-0.1, -0.05) is 188 Å². The van der Waals surface area contributed by atoms with Crippen LogP contribution in [0, 0.1) is 18.3 Å². The highest BCUT2D eigenvalue weighted by molar-refractivity contribution is 6.16. The minimum atomic E-state index is 0.561. The predicted octanol–water partition coefficient (Wildman–Crippen LogP) is 15.3. The molecule has 300 valence electrons. The van der Waals surface area contributed by atoms with Gasteiger partial charge in [0.15, 0.2) is 17.5 Å². The van der Waals surface area contributed by atoms with E-state index in [1.54, 1.807) is 0 Å². The summed E-state index contributed by atoms with van der Waals surface area (Å²) in [4.78, 5) is 15.4. The van der Waals surface area contributed by atoms with Gasteiger partial charge >= 0.3 is 0 Å². The highest BCUT2D eigenvalue weighted by Gasteiger charge is 2.21. The molecule has 0 aliphatic carbocycles. The first kappa shape index (κ1) is 38.2. The van der Waals surface area contributed by atoms with E-state index in [0.717, 1.165) is 88.7 Å². The third kappa shape index (κ3) is 7.30. The molecule has 0 radical (unpaired) electrons. The summed E-state index contributed by atoms with van der Waals surface area (Å²) in [7, 11) is 0. The molecule has 11 rings (SSSR count). The van der Waals surface area contributed by atoms with E-state index in [-0.39, 0.29) is 0 Å². The molecule has 0 unspecified atom stereocenters. The van der Waals surface area contributed by atoms with Crippen LogP contribution in [-0.2, 0) is 0 Å². The number of nitrogens with zero attached hydrogens (tertiary/aromatic N) is 4. The Morgan fingerprint density at radius 1 is 0.375 bits per heavy atom. The van der Waals surface area contributed by atoms with Gasteiger partial charge in [0.05, 0.1) is 11.6 Å². The average Bonchev–Trinajstić information content (AvgIpc) is 3.76. The van der Waals surface area contributed by atoms with Gasteiger partial charge in [-0.25, -0.2) is 15.0 Å². The fourth-order valence-electron chi connectivity index (χ4n) is 8.46. The van der Waals surface area contributed by atoms with E-state index in [1.807, 2.05) is 72.8 Å². The van der Waals surface area contributed by atoms with Crippen molar-refractivity contribution >= 4 is 21.9 Å². The van der Waals surface area contributed by atoms with Crippen molar-refractivity contribution in [2.45, 2.75) is 6.92 Å². The summed E-state index contributed by atoms with van der Waals surface area (Å²) in [6.07, 6.45) is 0. The van der Waals surface area contributed by atoms with Crippen molar-refractivity contribution in [3.8, 4) is 95.9 Å². The first-order chi connectivity index (χ1) is 31.5. The predicted molar refractivity (Wildman–Crippen MR) is 260 cm³/mol. The average molecular weight is 819 g/mol. The summed E-state index contributed by atoms with van der Waals surface area (Å²) in [6.45, 7) is 2.11. The van der Waals surface area contributed by atoms with Crippen LogP contribution < -0.4 is 0 Å². The molecule has 64 heavy (non-hydrogen) atoms. The Balaban J connectivity index is 1.09. The van der Waals surface area contributed by atoms with Crippen LogP contribution in [0.3, 0.4) is 0 Å². The Labute approximate surface area is 371 Å². The van der Waals surface area contributed by atoms with Crippen molar-refractivity contribution in [1.29, 1.82) is 5.26 Å². The van der Waals surface area contributed by atoms with Gasteiger partial charge in [-0.15, -0.1) is 0 Å². The molecule has 2 aromatic heterocycles. The van der Waals surface area contributed by atoms with Crippen LogP contribution >= 0.6 is 0 Å². The normalized spacial score (nSPS) is 11.2. The van der Waals surface area contributed by atoms with Crippen molar-refractivity contribution in [3.63, 3.8) is 0 Å². The number of benzene rings is 9. The molecule has 0 N–H and O–H groups in total. The van der Waals surface area contributed by atoms with E-state index in [4.69, 9.17) is 19.4 Å². The molecule has 0 saturated heterocycles. The van der Waals surface area contributed by atoms with Crippen LogP contribution in [0.4, 0.5) is 0 Å². The number of nitriles is 1. The van der Waals surface area contributed by atoms with Crippen molar-refractivity contribution in [2.24, 2.45) is 0 Å². The summed E-state index contributed by atoms with van der Waals surface area (Å²) in [6, 6.07) is 75.3. The van der Waals surface area contributed by atoms with Gasteiger partial charge in [-0.05, 0) is 87.3 Å². The third-order valence-electron chi connectivity index (χ3n) is 11.9. The van der Waals surface area contributed by atoms with Gasteiger partial charge in [0.2, 0.25) is 0 Å². The number of hydrogen-bond acceptors (Lipinski definition) is 5. The second kappa shape index (κ2) is 16.3. The van der Waals surface area contributed by atoms with E-state index in [9.17, 15) is 5.26 Å². The minimum absolute atomic E-state index is 0.561. The Kier molecular flexibility index (Phi) is 9.72. The van der Waals surface area contributed by atoms with Crippen LogP contribution in [-0.4, -0.2) is 15.0 Å². The summed E-state index contributed by atoms with van der Waals surface area (Å²) < 4.78 is 6.90. The van der Waals surface area contributed by atoms with Crippen LogP contribution in [0.2, 0.25) is 0 Å². The monoisotopic (exact) mass is 818 g/mol. The summed E-state index contributed by atoms with van der Waals surface area (Å²) in [5, 5.41) is 11.3. The van der Waals surface area contributed by atoms with E-state index in [1.165, 1.54) is 11.1 Å². The summed E-state index contributed by atoms with van der Waals surface area (Å²) in [5.41, 5.74) is 16.9. The lowest BCUT2D eigenvalue weighted by molar-refractivity contribution is 0.670. The SMILES string of the molecule is Cc1ccc(-c2ccc(-c3cc(-c4ccc(-c5ccc(C#N)cc5)cc4)c4oc5cccc(-c6nc(-c7ccccc7)nc(-c7ccc(-c8ccccc8)cc7)n6)c5c4c3)cc2)cc1. The fraction of sp³-hybridized carbons (Fsp3) is 0.0169. The van der Waals surface area contributed by atoms with E-state index in [2.05, 4.69) is 153 Å². The number of fused-ring (bicyclic) bond motifs is 3. The van der Waals surface area contributed by atoms with Crippen molar-refractivity contribution in [2.75, 3.05) is 0 Å². The molecular formula is C59H38N4O. The molecule has 0 fully saturated rings. The molecule has 5 nitrogen and oxygen atoms in total. The maximum absolute atomic E-state index is 9.35. The molecule has 0 aliphatic rings. The molecule has 0 saturated carbocycles. The van der Waals surface area contributed by atoms with Crippen molar-refractivity contribution in [1.82, 2.24) is 15.0 Å². The van der Waals surface area contributed by atoms with Gasteiger partial charge in [0, 0.05) is 33.0 Å². The molecule has 5 heteroatoms. The maximum atomic E-state index is 9.35. The Morgan fingerprint density at radius 2 is 0.812 bits per heavy atom. The number of aryl methyl sites for hydroxylation is 1. The molecule has 9 aromatic carbocycles.